The van der Waals surface area contributed by atoms with Crippen LogP contribution in [0, 0.1) is 17.8 Å². The second-order valence-corrected chi connectivity index (χ2v) is 14.1. The number of methoxy groups -OCH3 is 1. The van der Waals surface area contributed by atoms with Crippen molar-refractivity contribution in [1.82, 2.24) is 20.2 Å². The van der Waals surface area contributed by atoms with Gasteiger partial charge < -0.3 is 24.8 Å². The number of halogens is 1. The lowest BCUT2D eigenvalue weighted by molar-refractivity contribution is -0.145. The van der Waals surface area contributed by atoms with Crippen molar-refractivity contribution in [3.8, 4) is 22.2 Å². The van der Waals surface area contributed by atoms with Crippen molar-refractivity contribution in [1.29, 1.82) is 0 Å². The number of fused-ring (bicyclic) bond motifs is 3. The lowest BCUT2D eigenvalue weighted by atomic mass is 9.93. The molecule has 2 saturated carbocycles. The molecule has 46 heavy (non-hydrogen) atoms. The van der Waals surface area contributed by atoms with E-state index in [1.165, 1.54) is 11.3 Å². The van der Waals surface area contributed by atoms with Gasteiger partial charge in [0.25, 0.3) is 0 Å². The van der Waals surface area contributed by atoms with Crippen molar-refractivity contribution in [3.05, 3.63) is 46.4 Å². The summed E-state index contributed by atoms with van der Waals surface area (Å²) in [5.41, 5.74) is 0.705. The van der Waals surface area contributed by atoms with Crippen LogP contribution in [-0.4, -0.2) is 70.1 Å². The van der Waals surface area contributed by atoms with Crippen LogP contribution >= 0.6 is 22.9 Å². The first-order valence-electron chi connectivity index (χ1n) is 15.8. The molecule has 12 heteroatoms. The summed E-state index contributed by atoms with van der Waals surface area (Å²) in [7, 11) is 3.31. The van der Waals surface area contributed by atoms with Gasteiger partial charge in [-0.25, -0.2) is 14.8 Å². The van der Waals surface area contributed by atoms with Gasteiger partial charge in [0.2, 0.25) is 11.8 Å². The third-order valence-electron chi connectivity index (χ3n) is 9.47. The fourth-order valence-electron chi connectivity index (χ4n) is 6.61. The minimum atomic E-state index is -1.34. The van der Waals surface area contributed by atoms with E-state index in [9.17, 15) is 19.5 Å². The Morgan fingerprint density at radius 2 is 1.96 bits per heavy atom. The minimum Gasteiger partial charge on any atom is -0.495 e. The van der Waals surface area contributed by atoms with Crippen LogP contribution in [0.4, 0.5) is 0 Å². The molecule has 10 nitrogen and oxygen atoms in total. The predicted octanol–water partition coefficient (Wildman–Crippen LogP) is 6.08. The molecule has 1 unspecified atom stereocenters. The van der Waals surface area contributed by atoms with Crippen molar-refractivity contribution >= 4 is 51.6 Å². The lowest BCUT2D eigenvalue weighted by Gasteiger charge is -2.26. The van der Waals surface area contributed by atoms with Crippen LogP contribution in [0.1, 0.15) is 64.0 Å². The number of nitrogens with one attached hydrogen (secondary N) is 1. The first kappa shape index (κ1) is 32.2. The second-order valence-electron chi connectivity index (χ2n) is 12.9. The van der Waals surface area contributed by atoms with E-state index in [4.69, 9.17) is 31.0 Å². The molecule has 2 fully saturated rings. The molecule has 2 aliphatic carbocycles. The molecule has 0 bridgehead atoms. The van der Waals surface area contributed by atoms with Crippen LogP contribution in [0.25, 0.3) is 21.6 Å². The van der Waals surface area contributed by atoms with Crippen LogP contribution < -0.4 is 14.8 Å². The fraction of sp³-hybridized carbons (Fsp3) is 0.500. The summed E-state index contributed by atoms with van der Waals surface area (Å²) in [6, 6.07) is 5.42. The van der Waals surface area contributed by atoms with Crippen LogP contribution in [0.3, 0.4) is 0 Å². The summed E-state index contributed by atoms with van der Waals surface area (Å²) in [5, 5.41) is 16.7. The van der Waals surface area contributed by atoms with Crippen molar-refractivity contribution in [2.24, 2.45) is 17.8 Å². The topological polar surface area (TPSA) is 131 Å². The summed E-state index contributed by atoms with van der Waals surface area (Å²) >= 11 is 8.24. The van der Waals surface area contributed by atoms with Gasteiger partial charge in [0, 0.05) is 36.3 Å². The Balaban J connectivity index is 1.35. The molecule has 2 amide bonds. The maximum atomic E-state index is 13.8. The Morgan fingerprint density at radius 3 is 2.67 bits per heavy atom. The van der Waals surface area contributed by atoms with Gasteiger partial charge in [-0.15, -0.1) is 11.3 Å². The zero-order valence-electron chi connectivity index (χ0n) is 26.4. The predicted molar refractivity (Wildman–Crippen MR) is 176 cm³/mol. The number of carboxylic acid groups (broad SMARTS) is 1. The molecule has 3 aromatic rings. The number of hydrogen-bond donors (Lipinski definition) is 2. The number of ether oxygens (including phenoxy) is 2. The first-order valence-corrected chi connectivity index (χ1v) is 17.0. The van der Waals surface area contributed by atoms with Gasteiger partial charge in [0.15, 0.2) is 0 Å². The number of amides is 2. The molecule has 1 aliphatic heterocycles. The largest absolute Gasteiger partial charge is 0.495 e. The quantitative estimate of drug-likeness (QED) is 0.303. The van der Waals surface area contributed by atoms with Gasteiger partial charge >= 0.3 is 5.97 Å². The van der Waals surface area contributed by atoms with Crippen LogP contribution in [0.5, 0.6) is 11.5 Å². The van der Waals surface area contributed by atoms with E-state index in [1.807, 2.05) is 29.7 Å². The van der Waals surface area contributed by atoms with Gasteiger partial charge in [-0.3, -0.25) is 9.59 Å². The van der Waals surface area contributed by atoms with E-state index in [1.54, 1.807) is 25.1 Å². The average Bonchev–Trinajstić information content (AvgIpc) is 3.33. The van der Waals surface area contributed by atoms with Crippen LogP contribution in [-0.2, 0) is 14.4 Å². The molecule has 0 saturated heterocycles. The number of pyridine rings is 1. The molecule has 2 N–H and O–H groups in total. The Kier molecular flexibility index (Phi) is 9.00. The maximum absolute atomic E-state index is 13.8. The summed E-state index contributed by atoms with van der Waals surface area (Å²) in [6.45, 7) is 4.74. The zero-order chi connectivity index (χ0) is 32.7. The maximum Gasteiger partial charge on any atom is 0.330 e. The fourth-order valence-corrected chi connectivity index (χ4v) is 7.84. The number of rotatable bonds is 6. The van der Waals surface area contributed by atoms with E-state index in [-0.39, 0.29) is 24.2 Å². The van der Waals surface area contributed by atoms with Crippen molar-refractivity contribution in [3.63, 3.8) is 0 Å². The third-order valence-corrected chi connectivity index (χ3v) is 10.7. The van der Waals surface area contributed by atoms with Crippen LogP contribution in [0.15, 0.2) is 35.7 Å². The molecular weight excluding hydrogens is 628 g/mol. The standard InChI is InChI=1S/C34H39ClN4O6S/c1-18(2)25-17-46-31(37-25)24-15-27(21-10-11-26(44-4)28(35)29(21)36-24)45-20-13-22-23(14-20)32(41)39(3)12-8-6-5-7-9-19-16-34(19,33(42)43)38-30(22)40/h7,9-11,15,17-20,22-23H,5-6,8,12-14,16H2,1-4H3,(H,38,40)(H,42,43)/b9-7-/t19-,20?,22-,23-,34-/m1/s1. The molecule has 3 heterocycles. The second kappa shape index (κ2) is 12.8. The van der Waals surface area contributed by atoms with E-state index < -0.39 is 35.4 Å². The minimum absolute atomic E-state index is 0.132. The SMILES string of the molecule is COc1ccc2c(OC3C[C@H]4C(=O)N[C@]5(C(=O)O)C[C@H]5/C=C\CCCCN(C)C(=O)[C@@H]4C3)cc(-c3nc(C(C)C)cs3)nc2c1Cl. The lowest BCUT2D eigenvalue weighted by Crippen LogP contribution is -2.49. The number of nitrogens with zero attached hydrogens (tertiary/aromatic N) is 3. The molecule has 0 radical (unpaired) electrons. The van der Waals surface area contributed by atoms with Gasteiger partial charge in [0.1, 0.15) is 38.9 Å². The molecule has 5 atom stereocenters. The van der Waals surface area contributed by atoms with Crippen molar-refractivity contribution in [2.75, 3.05) is 20.7 Å². The number of carbonyl (C=O) groups is 3. The molecule has 2 aromatic heterocycles. The molecule has 0 spiro atoms. The normalized spacial score (nSPS) is 27.5. The molecular formula is C34H39ClN4O6S. The highest BCUT2D eigenvalue weighted by molar-refractivity contribution is 7.13. The van der Waals surface area contributed by atoms with E-state index >= 15 is 0 Å². The highest BCUT2D eigenvalue weighted by Gasteiger charge is 2.61. The number of allylic oxidation sites excluding steroid dienone is 1. The number of aromatic nitrogens is 2. The van der Waals surface area contributed by atoms with Crippen molar-refractivity contribution < 1.29 is 29.0 Å². The average molecular weight is 667 g/mol. The van der Waals surface area contributed by atoms with E-state index in [2.05, 4.69) is 19.2 Å². The highest BCUT2D eigenvalue weighted by Crippen LogP contribution is 2.47. The first-order chi connectivity index (χ1) is 22.0. The molecule has 244 valence electrons. The monoisotopic (exact) mass is 666 g/mol. The van der Waals surface area contributed by atoms with E-state index in [0.717, 1.165) is 30.0 Å². The number of hydrogen-bond acceptors (Lipinski definition) is 8. The van der Waals surface area contributed by atoms with Crippen molar-refractivity contribution in [2.45, 2.75) is 69.9 Å². The number of carbonyl (C=O) groups excluding carboxylic acids is 2. The molecule has 3 aliphatic rings. The third kappa shape index (κ3) is 6.07. The van der Waals surface area contributed by atoms with E-state index in [0.29, 0.717) is 52.5 Å². The number of carboxylic acids is 1. The number of thiazole rings is 1. The van der Waals surface area contributed by atoms with Gasteiger partial charge in [-0.05, 0) is 56.6 Å². The van der Waals surface area contributed by atoms with Gasteiger partial charge in [-0.2, -0.15) is 0 Å². The number of benzene rings is 1. The summed E-state index contributed by atoms with van der Waals surface area (Å²) in [5.74, 6) is -2.04. The zero-order valence-corrected chi connectivity index (χ0v) is 28.0. The summed E-state index contributed by atoms with van der Waals surface area (Å²) in [4.78, 5) is 51.3. The van der Waals surface area contributed by atoms with Gasteiger partial charge in [-0.1, -0.05) is 37.6 Å². The molecule has 1 aromatic carbocycles. The summed E-state index contributed by atoms with van der Waals surface area (Å²) in [6.07, 6.45) is 6.79. The Bertz CT molecular complexity index is 1710. The Hall–Kier alpha value is -3.70. The Labute approximate surface area is 277 Å². The Morgan fingerprint density at radius 1 is 1.17 bits per heavy atom. The van der Waals surface area contributed by atoms with Gasteiger partial charge in [0.05, 0.1) is 30.2 Å². The summed E-state index contributed by atoms with van der Waals surface area (Å²) < 4.78 is 12.1. The highest BCUT2D eigenvalue weighted by atomic mass is 35.5. The number of aliphatic carboxylic acids is 1. The van der Waals surface area contributed by atoms with Crippen LogP contribution in [0.2, 0.25) is 5.02 Å². The molecule has 6 rings (SSSR count). The smallest absolute Gasteiger partial charge is 0.330 e.